The molecule has 6 heteroatoms. The Morgan fingerprint density at radius 3 is 2.46 bits per heavy atom. The molecule has 0 fully saturated rings. The van der Waals surface area contributed by atoms with Gasteiger partial charge in [0.15, 0.2) is 11.5 Å². The summed E-state index contributed by atoms with van der Waals surface area (Å²) >= 11 is 3.41. The maximum Gasteiger partial charge on any atom is 0.161 e. The average Bonchev–Trinajstić information content (AvgIpc) is 2.61. The highest BCUT2D eigenvalue weighted by Crippen LogP contribution is 2.29. The maximum absolute atomic E-state index is 9.32. The van der Waals surface area contributed by atoms with Crippen LogP contribution in [-0.2, 0) is 13.2 Å². The topological polar surface area (TPSA) is 71.0 Å². The quantitative estimate of drug-likeness (QED) is 0.608. The fraction of sp³-hybridized carbons (Fsp3) is 0.333. The van der Waals surface area contributed by atoms with Gasteiger partial charge in [-0.25, -0.2) is 0 Å². The molecule has 0 saturated heterocycles. The summed E-state index contributed by atoms with van der Waals surface area (Å²) < 4.78 is 12.3. The normalized spacial score (nSPS) is 12.0. The van der Waals surface area contributed by atoms with Crippen LogP contribution in [0.15, 0.2) is 46.9 Å². The minimum atomic E-state index is -0.750. The highest BCUT2D eigenvalue weighted by molar-refractivity contribution is 9.10. The third-order valence-corrected chi connectivity index (χ3v) is 3.98. The van der Waals surface area contributed by atoms with Gasteiger partial charge >= 0.3 is 0 Å². The summed E-state index contributed by atoms with van der Waals surface area (Å²) in [6, 6.07) is 13.7. The molecule has 0 aliphatic carbocycles. The molecule has 3 N–H and O–H groups in total. The lowest BCUT2D eigenvalue weighted by molar-refractivity contribution is 0.0942. The Hall–Kier alpha value is -1.60. The lowest BCUT2D eigenvalue weighted by Crippen LogP contribution is -2.28. The van der Waals surface area contributed by atoms with E-state index >= 15 is 0 Å². The molecule has 2 aromatic rings. The molecule has 5 nitrogen and oxygen atoms in total. The van der Waals surface area contributed by atoms with Crippen LogP contribution in [0.4, 0.5) is 0 Å². The van der Waals surface area contributed by atoms with E-state index in [1.807, 2.05) is 42.5 Å². The van der Waals surface area contributed by atoms with E-state index < -0.39 is 6.10 Å². The largest absolute Gasteiger partial charge is 0.493 e. The van der Waals surface area contributed by atoms with Crippen LogP contribution in [0.3, 0.4) is 0 Å². The van der Waals surface area contributed by atoms with Crippen molar-refractivity contribution in [2.45, 2.75) is 19.3 Å². The molecule has 0 spiro atoms. The second kappa shape index (κ2) is 9.64. The fourth-order valence-electron chi connectivity index (χ4n) is 2.13. The van der Waals surface area contributed by atoms with Gasteiger partial charge in [0.05, 0.1) is 19.8 Å². The average molecular weight is 396 g/mol. The summed E-state index contributed by atoms with van der Waals surface area (Å²) in [5.41, 5.74) is 2.08. The lowest BCUT2D eigenvalue weighted by atomic mass is 10.2. The number of halogens is 1. The van der Waals surface area contributed by atoms with E-state index in [1.165, 1.54) is 0 Å². The summed E-state index contributed by atoms with van der Waals surface area (Å²) in [5.74, 6) is 1.34. The number of hydrogen-bond acceptors (Lipinski definition) is 5. The summed E-state index contributed by atoms with van der Waals surface area (Å²) in [6.45, 7) is 1.12. The van der Waals surface area contributed by atoms with E-state index in [4.69, 9.17) is 14.6 Å². The Balaban J connectivity index is 1.94. The first-order chi connectivity index (χ1) is 11.6. The smallest absolute Gasteiger partial charge is 0.161 e. The monoisotopic (exact) mass is 395 g/mol. The number of benzene rings is 2. The van der Waals surface area contributed by atoms with Crippen LogP contribution in [0, 0.1) is 0 Å². The highest BCUT2D eigenvalue weighted by Gasteiger charge is 2.07. The van der Waals surface area contributed by atoms with Crippen molar-refractivity contribution in [2.75, 3.05) is 20.3 Å². The van der Waals surface area contributed by atoms with Crippen LogP contribution in [0.2, 0.25) is 0 Å². The predicted octanol–water partition coefficient (Wildman–Crippen LogP) is 2.48. The van der Waals surface area contributed by atoms with Crippen LogP contribution in [-0.4, -0.2) is 36.6 Å². The van der Waals surface area contributed by atoms with Crippen LogP contribution in [0.1, 0.15) is 11.1 Å². The molecule has 0 radical (unpaired) electrons. The van der Waals surface area contributed by atoms with E-state index in [1.54, 1.807) is 7.11 Å². The third-order valence-electron chi connectivity index (χ3n) is 3.46. The number of hydrogen-bond donors (Lipinski definition) is 3. The Kier molecular flexibility index (Phi) is 7.52. The lowest BCUT2D eigenvalue weighted by Gasteiger charge is -2.13. The van der Waals surface area contributed by atoms with Crippen molar-refractivity contribution in [3.8, 4) is 11.5 Å². The first-order valence-corrected chi connectivity index (χ1v) is 8.45. The SMILES string of the molecule is COc1cc(CNCC(O)CO)ccc1OCc1ccc(Br)cc1. The molecule has 0 aliphatic heterocycles. The number of aliphatic hydroxyl groups is 2. The molecule has 24 heavy (non-hydrogen) atoms. The molecular weight excluding hydrogens is 374 g/mol. The van der Waals surface area contributed by atoms with Crippen molar-refractivity contribution in [3.63, 3.8) is 0 Å². The van der Waals surface area contributed by atoms with Gasteiger partial charge < -0.3 is 25.0 Å². The molecule has 1 unspecified atom stereocenters. The van der Waals surface area contributed by atoms with Gasteiger partial charge in [0, 0.05) is 17.6 Å². The molecule has 130 valence electrons. The summed E-state index contributed by atoms with van der Waals surface area (Å²) in [4.78, 5) is 0. The van der Waals surface area contributed by atoms with Crippen molar-refractivity contribution in [2.24, 2.45) is 0 Å². The van der Waals surface area contributed by atoms with Crippen molar-refractivity contribution in [1.82, 2.24) is 5.32 Å². The standard InChI is InChI=1S/C18H22BrNO4/c1-23-18-8-14(9-20-10-16(22)11-21)4-7-17(18)24-12-13-2-5-15(19)6-3-13/h2-8,16,20-22H,9-12H2,1H3. The zero-order valence-electron chi connectivity index (χ0n) is 13.5. The maximum atomic E-state index is 9.32. The van der Waals surface area contributed by atoms with Crippen LogP contribution < -0.4 is 14.8 Å². The third kappa shape index (κ3) is 5.79. The molecule has 2 aromatic carbocycles. The number of methoxy groups -OCH3 is 1. The van der Waals surface area contributed by atoms with Gasteiger partial charge in [-0.15, -0.1) is 0 Å². The van der Waals surface area contributed by atoms with Crippen molar-refractivity contribution < 1.29 is 19.7 Å². The first kappa shape index (κ1) is 18.7. The zero-order valence-corrected chi connectivity index (χ0v) is 15.1. The van der Waals surface area contributed by atoms with Crippen molar-refractivity contribution in [3.05, 3.63) is 58.1 Å². The van der Waals surface area contributed by atoms with Crippen molar-refractivity contribution >= 4 is 15.9 Å². The summed E-state index contributed by atoms with van der Waals surface area (Å²) in [5, 5.41) is 21.2. The molecule has 0 amide bonds. The Labute approximate surface area is 150 Å². The minimum Gasteiger partial charge on any atom is -0.493 e. The van der Waals surface area contributed by atoms with Gasteiger partial charge in [-0.05, 0) is 35.4 Å². The predicted molar refractivity (Wildman–Crippen MR) is 96.3 cm³/mol. The van der Waals surface area contributed by atoms with E-state index in [0.29, 0.717) is 31.2 Å². The van der Waals surface area contributed by atoms with Crippen LogP contribution in [0.5, 0.6) is 11.5 Å². The van der Waals surface area contributed by atoms with Gasteiger partial charge in [0.1, 0.15) is 6.61 Å². The Bertz CT molecular complexity index is 633. The van der Waals surface area contributed by atoms with Gasteiger partial charge in [-0.3, -0.25) is 0 Å². The second-order valence-corrected chi connectivity index (χ2v) is 6.28. The van der Waals surface area contributed by atoms with Gasteiger partial charge in [0.25, 0.3) is 0 Å². The number of aliphatic hydroxyl groups excluding tert-OH is 2. The fourth-order valence-corrected chi connectivity index (χ4v) is 2.39. The molecule has 0 heterocycles. The number of rotatable bonds is 9. The zero-order chi connectivity index (χ0) is 17.4. The van der Waals surface area contributed by atoms with Crippen molar-refractivity contribution in [1.29, 1.82) is 0 Å². The first-order valence-electron chi connectivity index (χ1n) is 7.66. The number of ether oxygens (including phenoxy) is 2. The van der Waals surface area contributed by atoms with E-state index in [9.17, 15) is 5.11 Å². The molecule has 0 aliphatic rings. The second-order valence-electron chi connectivity index (χ2n) is 5.37. The van der Waals surface area contributed by atoms with Crippen LogP contribution >= 0.6 is 15.9 Å². The van der Waals surface area contributed by atoms with E-state index in [0.717, 1.165) is 15.6 Å². The number of nitrogens with one attached hydrogen (secondary N) is 1. The van der Waals surface area contributed by atoms with Gasteiger partial charge in [0.2, 0.25) is 0 Å². The summed E-state index contributed by atoms with van der Waals surface area (Å²) in [6.07, 6.45) is -0.750. The van der Waals surface area contributed by atoms with E-state index in [-0.39, 0.29) is 6.61 Å². The van der Waals surface area contributed by atoms with E-state index in [2.05, 4.69) is 21.2 Å². The molecule has 0 saturated carbocycles. The van der Waals surface area contributed by atoms with Gasteiger partial charge in [-0.2, -0.15) is 0 Å². The Morgan fingerprint density at radius 2 is 1.79 bits per heavy atom. The minimum absolute atomic E-state index is 0.251. The molecular formula is C18H22BrNO4. The molecule has 1 atom stereocenters. The summed E-state index contributed by atoms with van der Waals surface area (Å²) in [7, 11) is 1.61. The highest BCUT2D eigenvalue weighted by atomic mass is 79.9. The molecule has 0 bridgehead atoms. The Morgan fingerprint density at radius 1 is 1.08 bits per heavy atom. The van der Waals surface area contributed by atoms with Gasteiger partial charge in [-0.1, -0.05) is 34.1 Å². The van der Waals surface area contributed by atoms with Crippen LogP contribution in [0.25, 0.3) is 0 Å². The molecule has 2 rings (SSSR count). The molecule has 0 aromatic heterocycles.